The van der Waals surface area contributed by atoms with E-state index in [1.165, 1.54) is 101 Å². The van der Waals surface area contributed by atoms with E-state index >= 15 is 0 Å². The normalized spacial score (nSPS) is 11.2. The van der Waals surface area contributed by atoms with Crippen LogP contribution in [0.2, 0.25) is 35.2 Å². The van der Waals surface area contributed by atoms with Crippen LogP contribution in [0.5, 0.6) is 69.0 Å². The number of halogens is 10. The molecule has 0 spiro atoms. The topological polar surface area (TPSA) is 291 Å². The van der Waals surface area contributed by atoms with Gasteiger partial charge in [-0.05, 0) is 293 Å². The summed E-state index contributed by atoms with van der Waals surface area (Å²) in [5, 5.41) is 45.0. The average Bonchev–Trinajstić information content (AvgIpc) is 1.62. The van der Waals surface area contributed by atoms with Gasteiger partial charge in [0.25, 0.3) is 25.9 Å². The summed E-state index contributed by atoms with van der Waals surface area (Å²) in [6, 6.07) is 46.8. The molecule has 16 rings (SSSR count). The quantitative estimate of drug-likeness (QED) is 0.0153. The summed E-state index contributed by atoms with van der Waals surface area (Å²) in [5.74, 6) is -1.86. The number of aryl methyl sites for hydroxylation is 8. The van der Waals surface area contributed by atoms with Gasteiger partial charge < -0.3 is 58.3 Å². The number of thiophene rings is 4. The average molecular weight is 2070 g/mol. The fourth-order valence-corrected chi connectivity index (χ4v) is 21.3. The zero-order valence-corrected chi connectivity index (χ0v) is 81.5. The van der Waals surface area contributed by atoms with E-state index in [0.29, 0.717) is 149 Å². The minimum absolute atomic E-state index is 0.00562. The maximum absolute atomic E-state index is 14.6. The van der Waals surface area contributed by atoms with Crippen LogP contribution >= 0.6 is 127 Å². The molecule has 138 heavy (non-hydrogen) atoms. The van der Waals surface area contributed by atoms with Gasteiger partial charge in [0, 0.05) is 112 Å². The lowest BCUT2D eigenvalue weighted by molar-refractivity contribution is -0.124. The van der Waals surface area contributed by atoms with Crippen molar-refractivity contribution in [1.29, 1.82) is 0 Å². The van der Waals surface area contributed by atoms with E-state index in [1.54, 1.807) is 147 Å². The Labute approximate surface area is 835 Å². The molecule has 12 aromatic carbocycles. The highest BCUT2D eigenvalue weighted by Gasteiger charge is 2.32. The molecule has 4 aromatic heterocycles. The van der Waals surface area contributed by atoms with Crippen LogP contribution in [0.1, 0.15) is 128 Å². The molecule has 20 nitrogen and oxygen atoms in total. The van der Waals surface area contributed by atoms with Gasteiger partial charge in [-0.3, -0.25) is 38.4 Å². The van der Waals surface area contributed by atoms with Crippen molar-refractivity contribution in [3.8, 4) is 69.0 Å². The van der Waals surface area contributed by atoms with E-state index in [2.05, 4.69) is 18.9 Å². The van der Waals surface area contributed by atoms with Crippen molar-refractivity contribution in [2.24, 2.45) is 0 Å². The lowest BCUT2D eigenvalue weighted by Gasteiger charge is -2.13. The minimum atomic E-state index is -0.958. The SMILES string of the molecule is Cc1cc(Cl)cc(C)c1C(=O)c1sc2cc(O)ccc2c1Oc1c(Cl)cc(/C=C/OC=O)cc1Cl.Cc1cc(Cl)cc(C)c1C(=O)c1sc2cc(O)ccc2c1Oc1cc(F)c(/C=C/OC=O)c(F)c1.Cc1cc(Cl)cc(C)c1C(=O)c1sc2cc(O)ccc2c1Oc1ccc(/C=C/OC=O)c(F)c1.Cc1cc(Cl)cc(C)c1C(=O)c1sc2cc(O)ccc2c1Oc1ccc(/C=C/OC=O)cc1Cl. The molecule has 0 unspecified atom stereocenters. The first kappa shape index (κ1) is 102. The second-order valence-corrected chi connectivity index (χ2v) is 37.4. The number of phenols is 4. The molecule has 700 valence electrons. The molecule has 16 aromatic rings. The number of hydrogen-bond donors (Lipinski definition) is 4. The van der Waals surface area contributed by atoms with Crippen molar-refractivity contribution in [3.05, 3.63) is 368 Å². The van der Waals surface area contributed by atoms with E-state index in [1.807, 2.05) is 41.5 Å². The van der Waals surface area contributed by atoms with Crippen LogP contribution in [0, 0.1) is 72.8 Å². The van der Waals surface area contributed by atoms with E-state index < -0.39 is 23.0 Å². The number of carbonyl (C=O) groups is 8. The molecule has 0 aliphatic heterocycles. The van der Waals surface area contributed by atoms with Gasteiger partial charge in [-0.1, -0.05) is 87.3 Å². The fraction of sp³-hybridized carbons (Fsp3) is 0.0769. The van der Waals surface area contributed by atoms with Gasteiger partial charge in [0.05, 0.1) is 40.1 Å². The van der Waals surface area contributed by atoms with Crippen LogP contribution < -0.4 is 18.9 Å². The van der Waals surface area contributed by atoms with Crippen molar-refractivity contribution in [2.75, 3.05) is 0 Å². The molecule has 0 aliphatic rings. The number of carbonyl (C=O) groups excluding carboxylic acids is 8. The van der Waals surface area contributed by atoms with E-state index in [9.17, 15) is 72.0 Å². The molecule has 0 saturated heterocycles. The molecule has 4 heterocycles. The Morgan fingerprint density at radius 2 is 0.594 bits per heavy atom. The molecule has 0 atom stereocenters. The predicted octanol–water partition coefficient (Wildman–Crippen LogP) is 30.6. The highest BCUT2D eigenvalue weighted by atomic mass is 35.5. The molecule has 0 radical (unpaired) electrons. The smallest absolute Gasteiger partial charge is 0.297 e. The third-order valence-corrected chi connectivity index (χ3v) is 26.9. The number of rotatable bonds is 28. The Morgan fingerprint density at radius 3 is 0.928 bits per heavy atom. The van der Waals surface area contributed by atoms with E-state index in [0.717, 1.165) is 75.5 Å². The number of aromatic hydroxyl groups is 4. The van der Waals surface area contributed by atoms with Gasteiger partial charge in [0.15, 0.2) is 28.7 Å². The third-order valence-electron chi connectivity index (χ3n) is 20.6. The Morgan fingerprint density at radius 1 is 0.297 bits per heavy atom. The molecular formula is C104H70Cl7F3O20S4. The number of phenolic OH excluding ortho intramolecular Hbond substituents is 4. The largest absolute Gasteiger partial charge is 0.508 e. The molecule has 0 amide bonds. The molecule has 0 aliphatic carbocycles. The maximum atomic E-state index is 14.6. The van der Waals surface area contributed by atoms with Gasteiger partial charge >= 0.3 is 0 Å². The van der Waals surface area contributed by atoms with Crippen LogP contribution in [0.25, 0.3) is 64.6 Å². The third kappa shape index (κ3) is 23.5. The summed E-state index contributed by atoms with van der Waals surface area (Å²) in [6.45, 7) is 15.4. The molecule has 4 N–H and O–H groups in total. The Bertz CT molecular complexity index is 7590. The summed E-state index contributed by atoms with van der Waals surface area (Å²) in [4.78, 5) is 97.1. The van der Waals surface area contributed by atoms with Crippen LogP contribution in [-0.4, -0.2) is 69.4 Å². The predicted molar refractivity (Wildman–Crippen MR) is 537 cm³/mol. The lowest BCUT2D eigenvalue weighted by Crippen LogP contribution is -2.06. The fourth-order valence-electron chi connectivity index (χ4n) is 14.8. The monoisotopic (exact) mass is 2070 g/mol. The van der Waals surface area contributed by atoms with E-state index in [4.69, 9.17) is 100 Å². The zero-order chi connectivity index (χ0) is 99.4. The number of ether oxygens (including phenoxy) is 8. The number of ketones is 4. The molecular weight excluding hydrogens is 2000 g/mol. The summed E-state index contributed by atoms with van der Waals surface area (Å²) in [6.07, 6.45) is 9.71. The lowest BCUT2D eigenvalue weighted by atomic mass is 9.98. The summed E-state index contributed by atoms with van der Waals surface area (Å²) in [7, 11) is 0. The van der Waals surface area contributed by atoms with Gasteiger partial charge in [-0.2, -0.15) is 0 Å². The minimum Gasteiger partial charge on any atom is -0.508 e. The second kappa shape index (κ2) is 45.0. The first-order valence-corrected chi connectivity index (χ1v) is 46.5. The van der Waals surface area contributed by atoms with Crippen molar-refractivity contribution in [1.82, 2.24) is 0 Å². The summed E-state index contributed by atoms with van der Waals surface area (Å²) in [5.41, 5.74) is 8.80. The molecule has 0 bridgehead atoms. The van der Waals surface area contributed by atoms with Gasteiger partial charge in [0.1, 0.15) is 77.2 Å². The van der Waals surface area contributed by atoms with Crippen LogP contribution in [0.3, 0.4) is 0 Å². The first-order chi connectivity index (χ1) is 65.9. The van der Waals surface area contributed by atoms with Crippen molar-refractivity contribution in [3.63, 3.8) is 0 Å². The Hall–Kier alpha value is -13.8. The van der Waals surface area contributed by atoms with Gasteiger partial charge in [-0.15, -0.1) is 45.3 Å². The van der Waals surface area contributed by atoms with Crippen LogP contribution in [0.4, 0.5) is 13.2 Å². The Kier molecular flexibility index (Phi) is 33.2. The molecule has 0 fully saturated rings. The van der Waals surface area contributed by atoms with Crippen LogP contribution in [-0.2, 0) is 38.1 Å². The zero-order valence-electron chi connectivity index (χ0n) is 73.0. The Balaban J connectivity index is 0.000000155. The van der Waals surface area contributed by atoms with E-state index in [-0.39, 0.29) is 114 Å². The van der Waals surface area contributed by atoms with Crippen molar-refractivity contribution >= 4 is 240 Å². The van der Waals surface area contributed by atoms with Crippen molar-refractivity contribution in [2.45, 2.75) is 55.4 Å². The summed E-state index contributed by atoms with van der Waals surface area (Å²) < 4.78 is 88.5. The maximum Gasteiger partial charge on any atom is 0.297 e. The first-order valence-electron chi connectivity index (χ1n) is 40.5. The number of benzene rings is 12. The van der Waals surface area contributed by atoms with Crippen molar-refractivity contribution < 1.29 is 110 Å². The van der Waals surface area contributed by atoms with Crippen LogP contribution in [0.15, 0.2) is 207 Å². The highest BCUT2D eigenvalue weighted by Crippen LogP contribution is 2.51. The molecule has 0 saturated carbocycles. The molecule has 34 heteroatoms. The second-order valence-electron chi connectivity index (χ2n) is 30.3. The number of hydrogen-bond acceptors (Lipinski definition) is 24. The van der Waals surface area contributed by atoms with Gasteiger partial charge in [-0.25, -0.2) is 13.2 Å². The highest BCUT2D eigenvalue weighted by molar-refractivity contribution is 7.23. The van der Waals surface area contributed by atoms with Gasteiger partial charge in [0.2, 0.25) is 23.1 Å². The summed E-state index contributed by atoms with van der Waals surface area (Å²) >= 11 is 48.6. The number of fused-ring (bicyclic) bond motifs is 4. The standard InChI is InChI=1S/C26H17Cl3O5S.C26H18Cl2O5S.C26H17ClF2O5S.C26H18ClFO5S/c1-13-7-16(27)8-14(2)22(13)23(32)26-24(18-4-3-17(31)11-21(18)35-26)34-25-19(28)9-15(10-20(25)29)5-6-33-12-30;1-14-9-17(27)10-15(2)23(14)24(31)26-25(19-5-4-18(30)12-22(19)34-26)33-21-6-3-16(11-20(21)28)7-8-32-13-29;1-13-7-15(27)8-14(2)23(13)24(32)26-25(19-4-3-16(31)9-22(19)35-26)34-17-10-20(28)18(21(29)11-17)5-6-33-12-30;1-14-9-17(27)10-15(2)23(14)24(31)26-25(20-6-4-18(30)11-22(20)34-26)33-19-5-3-16(21(28)12-19)7-8-32-13-29/h3-12,31H,1-2H3;3-13,30H,1-2H3;3-12,31H,1-2H3;3-13,30H,1-2H3/b6-5+;8-7+;6-5+;8-7+.